The van der Waals surface area contributed by atoms with E-state index in [1.807, 2.05) is 31.2 Å². The number of carbonyl (C=O) groups is 1. The Hall–Kier alpha value is -3.02. The molecule has 0 bridgehead atoms. The van der Waals surface area contributed by atoms with E-state index in [4.69, 9.17) is 4.42 Å². The number of rotatable bonds is 5. The van der Waals surface area contributed by atoms with E-state index in [9.17, 15) is 9.18 Å². The standard InChI is InChI=1S/C18H16FN3O2/c1-12-4-2-3-5-15(12)18-22-21-17(24-18)11-20-16(23)10-13-6-8-14(19)9-7-13/h2-9H,10-11H2,1H3,(H,20,23). The molecule has 1 N–H and O–H groups in total. The van der Waals surface area contributed by atoms with Crippen LogP contribution >= 0.6 is 0 Å². The molecule has 122 valence electrons. The van der Waals surface area contributed by atoms with Crippen LogP contribution in [0.3, 0.4) is 0 Å². The van der Waals surface area contributed by atoms with Gasteiger partial charge in [-0.25, -0.2) is 4.39 Å². The number of hydrogen-bond acceptors (Lipinski definition) is 4. The van der Waals surface area contributed by atoms with Gasteiger partial charge in [-0.05, 0) is 36.2 Å². The lowest BCUT2D eigenvalue weighted by Crippen LogP contribution is -2.24. The van der Waals surface area contributed by atoms with Gasteiger partial charge in [0.15, 0.2) is 0 Å². The molecule has 5 nitrogen and oxygen atoms in total. The Balaban J connectivity index is 1.58. The molecule has 0 unspecified atom stereocenters. The molecule has 0 aliphatic carbocycles. The molecule has 0 fully saturated rings. The third kappa shape index (κ3) is 3.84. The normalized spacial score (nSPS) is 10.6. The number of hydrogen-bond donors (Lipinski definition) is 1. The average Bonchev–Trinajstić information content (AvgIpc) is 3.04. The molecular weight excluding hydrogens is 309 g/mol. The summed E-state index contributed by atoms with van der Waals surface area (Å²) in [5.41, 5.74) is 2.64. The molecule has 0 atom stereocenters. The Morgan fingerprint density at radius 1 is 1.12 bits per heavy atom. The Kier molecular flexibility index (Phi) is 4.65. The van der Waals surface area contributed by atoms with E-state index in [1.54, 1.807) is 12.1 Å². The zero-order valence-electron chi connectivity index (χ0n) is 13.1. The molecule has 24 heavy (non-hydrogen) atoms. The molecule has 0 saturated carbocycles. The van der Waals surface area contributed by atoms with E-state index in [0.717, 1.165) is 16.7 Å². The van der Waals surface area contributed by atoms with Gasteiger partial charge in [0.2, 0.25) is 17.7 Å². The summed E-state index contributed by atoms with van der Waals surface area (Å²) in [6.45, 7) is 2.11. The zero-order valence-corrected chi connectivity index (χ0v) is 13.1. The van der Waals surface area contributed by atoms with E-state index in [-0.39, 0.29) is 24.7 Å². The monoisotopic (exact) mass is 325 g/mol. The predicted octanol–water partition coefficient (Wildman–Crippen LogP) is 3.04. The third-order valence-corrected chi connectivity index (χ3v) is 3.56. The largest absolute Gasteiger partial charge is 0.419 e. The maximum Gasteiger partial charge on any atom is 0.248 e. The summed E-state index contributed by atoms with van der Waals surface area (Å²) in [6, 6.07) is 13.5. The van der Waals surface area contributed by atoms with E-state index in [0.29, 0.717) is 11.8 Å². The molecule has 1 amide bonds. The van der Waals surface area contributed by atoms with E-state index < -0.39 is 0 Å². The van der Waals surface area contributed by atoms with Crippen LogP contribution in [-0.4, -0.2) is 16.1 Å². The van der Waals surface area contributed by atoms with Crippen molar-refractivity contribution in [3.05, 3.63) is 71.4 Å². The summed E-state index contributed by atoms with van der Waals surface area (Å²) in [4.78, 5) is 11.9. The van der Waals surface area contributed by atoms with Crippen LogP contribution in [0.25, 0.3) is 11.5 Å². The number of nitrogens with one attached hydrogen (secondary N) is 1. The zero-order chi connectivity index (χ0) is 16.9. The van der Waals surface area contributed by atoms with Crippen molar-refractivity contribution in [2.45, 2.75) is 19.9 Å². The lowest BCUT2D eigenvalue weighted by Gasteiger charge is -2.03. The highest BCUT2D eigenvalue weighted by Gasteiger charge is 2.11. The highest BCUT2D eigenvalue weighted by Crippen LogP contribution is 2.21. The highest BCUT2D eigenvalue weighted by atomic mass is 19.1. The Bertz CT molecular complexity index is 843. The van der Waals surface area contributed by atoms with Crippen molar-refractivity contribution in [2.75, 3.05) is 0 Å². The fourth-order valence-electron chi connectivity index (χ4n) is 2.27. The van der Waals surface area contributed by atoms with Gasteiger partial charge in [0.05, 0.1) is 13.0 Å². The number of amides is 1. The van der Waals surface area contributed by atoms with Gasteiger partial charge >= 0.3 is 0 Å². The molecule has 0 radical (unpaired) electrons. The maximum absolute atomic E-state index is 12.8. The van der Waals surface area contributed by atoms with Crippen LogP contribution in [-0.2, 0) is 17.8 Å². The first-order valence-electron chi connectivity index (χ1n) is 7.51. The SMILES string of the molecule is Cc1ccccc1-c1nnc(CNC(=O)Cc2ccc(F)cc2)o1. The molecule has 1 heterocycles. The van der Waals surface area contributed by atoms with Crippen molar-refractivity contribution in [1.82, 2.24) is 15.5 Å². The Morgan fingerprint density at radius 2 is 1.88 bits per heavy atom. The van der Waals surface area contributed by atoms with Crippen LogP contribution < -0.4 is 5.32 Å². The lowest BCUT2D eigenvalue weighted by molar-refractivity contribution is -0.120. The average molecular weight is 325 g/mol. The van der Waals surface area contributed by atoms with Crippen LogP contribution in [0.4, 0.5) is 4.39 Å². The smallest absolute Gasteiger partial charge is 0.248 e. The summed E-state index contributed by atoms with van der Waals surface area (Å²) in [6.07, 6.45) is 0.166. The second-order valence-corrected chi connectivity index (χ2v) is 5.40. The lowest BCUT2D eigenvalue weighted by atomic mass is 10.1. The molecule has 3 rings (SSSR count). The minimum Gasteiger partial charge on any atom is -0.419 e. The summed E-state index contributed by atoms with van der Waals surface area (Å²) in [5, 5.41) is 10.7. The van der Waals surface area contributed by atoms with Crippen molar-refractivity contribution >= 4 is 5.91 Å². The van der Waals surface area contributed by atoms with Gasteiger partial charge in [0.1, 0.15) is 5.82 Å². The number of carbonyl (C=O) groups excluding carboxylic acids is 1. The van der Waals surface area contributed by atoms with Crippen molar-refractivity contribution in [3.8, 4) is 11.5 Å². The first-order chi connectivity index (χ1) is 11.6. The fraction of sp³-hybridized carbons (Fsp3) is 0.167. The first-order valence-corrected chi connectivity index (χ1v) is 7.51. The van der Waals surface area contributed by atoms with Crippen molar-refractivity contribution in [1.29, 1.82) is 0 Å². The van der Waals surface area contributed by atoms with Crippen molar-refractivity contribution < 1.29 is 13.6 Å². The second-order valence-electron chi connectivity index (χ2n) is 5.40. The molecule has 1 aromatic heterocycles. The van der Waals surface area contributed by atoms with Gasteiger partial charge in [-0.2, -0.15) is 0 Å². The molecule has 6 heteroatoms. The van der Waals surface area contributed by atoms with Crippen LogP contribution in [0.15, 0.2) is 52.9 Å². The fourth-order valence-corrected chi connectivity index (χ4v) is 2.27. The van der Waals surface area contributed by atoms with Crippen molar-refractivity contribution in [3.63, 3.8) is 0 Å². The second kappa shape index (κ2) is 7.04. The van der Waals surface area contributed by atoms with Gasteiger partial charge in [-0.3, -0.25) is 4.79 Å². The molecular formula is C18H16FN3O2. The molecule has 0 aliphatic rings. The maximum atomic E-state index is 12.8. The topological polar surface area (TPSA) is 68.0 Å². The van der Waals surface area contributed by atoms with Crippen LogP contribution in [0, 0.1) is 12.7 Å². The molecule has 0 saturated heterocycles. The van der Waals surface area contributed by atoms with Gasteiger partial charge in [-0.1, -0.05) is 30.3 Å². The van der Waals surface area contributed by atoms with E-state index in [1.165, 1.54) is 12.1 Å². The van der Waals surface area contributed by atoms with E-state index in [2.05, 4.69) is 15.5 Å². The molecule has 0 aliphatic heterocycles. The summed E-state index contributed by atoms with van der Waals surface area (Å²) >= 11 is 0. The minimum absolute atomic E-state index is 0.152. The summed E-state index contributed by atoms with van der Waals surface area (Å²) in [5.74, 6) is 0.239. The highest BCUT2D eigenvalue weighted by molar-refractivity contribution is 5.78. The van der Waals surface area contributed by atoms with Crippen LogP contribution in [0.2, 0.25) is 0 Å². The van der Waals surface area contributed by atoms with Gasteiger partial charge in [0, 0.05) is 5.56 Å². The number of benzene rings is 2. The Labute approximate surface area is 138 Å². The summed E-state index contributed by atoms with van der Waals surface area (Å²) in [7, 11) is 0. The van der Waals surface area contributed by atoms with Crippen LogP contribution in [0.1, 0.15) is 17.0 Å². The van der Waals surface area contributed by atoms with Gasteiger partial charge in [-0.15, -0.1) is 10.2 Å². The van der Waals surface area contributed by atoms with Crippen LogP contribution in [0.5, 0.6) is 0 Å². The third-order valence-electron chi connectivity index (χ3n) is 3.56. The number of halogens is 1. The minimum atomic E-state index is -0.325. The molecule has 3 aromatic rings. The van der Waals surface area contributed by atoms with Crippen molar-refractivity contribution in [2.24, 2.45) is 0 Å². The first kappa shape index (κ1) is 15.9. The molecule has 0 spiro atoms. The molecule has 2 aromatic carbocycles. The number of aromatic nitrogens is 2. The van der Waals surface area contributed by atoms with Gasteiger partial charge in [0.25, 0.3) is 0 Å². The Morgan fingerprint density at radius 3 is 2.62 bits per heavy atom. The number of aryl methyl sites for hydroxylation is 1. The summed E-state index contributed by atoms with van der Waals surface area (Å²) < 4.78 is 18.4. The quantitative estimate of drug-likeness (QED) is 0.783. The number of nitrogens with zero attached hydrogens (tertiary/aromatic N) is 2. The van der Waals surface area contributed by atoms with E-state index >= 15 is 0 Å². The van der Waals surface area contributed by atoms with Gasteiger partial charge < -0.3 is 9.73 Å². The predicted molar refractivity (Wildman–Crippen MR) is 86.4 cm³/mol.